The molecule has 156 valence electrons. The number of hydrogen-bond acceptors (Lipinski definition) is 6. The Kier molecular flexibility index (Phi) is 5.75. The number of amides is 1. The molecule has 0 saturated carbocycles. The fraction of sp³-hybridized carbons (Fsp3) is 0.167. The molecule has 1 aliphatic rings. The molecule has 31 heavy (non-hydrogen) atoms. The summed E-state index contributed by atoms with van der Waals surface area (Å²) in [4.78, 5) is 35.5. The SMILES string of the molecule is CCOc1ccc(/C(O)=C2\C(=O)C(=O)N(Cc3cccnc3)C2c2ccncc2)cc1. The zero-order chi connectivity index (χ0) is 21.8. The zero-order valence-corrected chi connectivity index (χ0v) is 16.9. The van der Waals surface area contributed by atoms with Crippen molar-refractivity contribution in [1.29, 1.82) is 0 Å². The van der Waals surface area contributed by atoms with Crippen LogP contribution in [0, 0.1) is 0 Å². The van der Waals surface area contributed by atoms with Gasteiger partial charge in [0.2, 0.25) is 0 Å². The fourth-order valence-corrected chi connectivity index (χ4v) is 3.65. The van der Waals surface area contributed by atoms with E-state index in [9.17, 15) is 14.7 Å². The summed E-state index contributed by atoms with van der Waals surface area (Å²) in [5.41, 5.74) is 1.95. The maximum atomic E-state index is 13.0. The van der Waals surface area contributed by atoms with Crippen LogP contribution in [0.15, 0.2) is 78.9 Å². The Morgan fingerprint density at radius 3 is 2.42 bits per heavy atom. The first-order valence-corrected chi connectivity index (χ1v) is 9.90. The van der Waals surface area contributed by atoms with E-state index in [-0.39, 0.29) is 17.9 Å². The van der Waals surface area contributed by atoms with E-state index < -0.39 is 17.7 Å². The molecule has 2 aromatic heterocycles. The van der Waals surface area contributed by atoms with Gasteiger partial charge >= 0.3 is 0 Å². The quantitative estimate of drug-likeness (QED) is 0.376. The molecular formula is C24H21N3O4. The van der Waals surface area contributed by atoms with Crippen molar-refractivity contribution in [3.8, 4) is 5.75 Å². The molecule has 7 nitrogen and oxygen atoms in total. The van der Waals surface area contributed by atoms with Gasteiger partial charge in [-0.3, -0.25) is 19.6 Å². The van der Waals surface area contributed by atoms with Crippen LogP contribution in [0.2, 0.25) is 0 Å². The standard InChI is InChI=1S/C24H21N3O4/c1-2-31-19-7-5-18(6-8-19)22(28)20-21(17-9-12-25-13-10-17)27(24(30)23(20)29)15-16-4-3-11-26-14-16/h3-14,21,28H,2,15H2,1H3/b22-20+. The van der Waals surface area contributed by atoms with Crippen LogP contribution in [0.5, 0.6) is 5.75 Å². The van der Waals surface area contributed by atoms with Gasteiger partial charge in [-0.25, -0.2) is 0 Å². The molecular weight excluding hydrogens is 394 g/mol. The number of carbonyl (C=O) groups excluding carboxylic acids is 2. The monoisotopic (exact) mass is 415 g/mol. The number of nitrogens with zero attached hydrogens (tertiary/aromatic N) is 3. The number of carbonyl (C=O) groups is 2. The molecule has 0 bridgehead atoms. The number of hydrogen-bond donors (Lipinski definition) is 1. The molecule has 1 atom stereocenters. The second-order valence-electron chi connectivity index (χ2n) is 7.03. The van der Waals surface area contributed by atoms with E-state index in [1.54, 1.807) is 67.3 Å². The number of ether oxygens (including phenoxy) is 1. The normalized spacial score (nSPS) is 17.7. The van der Waals surface area contributed by atoms with Crippen LogP contribution < -0.4 is 4.74 Å². The Morgan fingerprint density at radius 1 is 1.03 bits per heavy atom. The van der Waals surface area contributed by atoms with Crippen molar-refractivity contribution in [2.45, 2.75) is 19.5 Å². The summed E-state index contributed by atoms with van der Waals surface area (Å²) in [5.74, 6) is -0.964. The van der Waals surface area contributed by atoms with Crippen LogP contribution in [-0.2, 0) is 16.1 Å². The summed E-state index contributed by atoms with van der Waals surface area (Å²) in [5, 5.41) is 11.1. The van der Waals surface area contributed by atoms with Gasteiger partial charge in [-0.1, -0.05) is 6.07 Å². The highest BCUT2D eigenvalue weighted by atomic mass is 16.5. The number of aliphatic hydroxyl groups excluding tert-OH is 1. The van der Waals surface area contributed by atoms with Crippen molar-refractivity contribution in [3.05, 3.63) is 95.6 Å². The molecule has 1 saturated heterocycles. The first kappa shape index (κ1) is 20.3. The highest BCUT2D eigenvalue weighted by Gasteiger charge is 2.46. The van der Waals surface area contributed by atoms with Crippen molar-refractivity contribution in [2.24, 2.45) is 0 Å². The van der Waals surface area contributed by atoms with E-state index in [0.717, 1.165) is 5.56 Å². The molecule has 1 unspecified atom stereocenters. The van der Waals surface area contributed by atoms with Gasteiger partial charge in [0.25, 0.3) is 11.7 Å². The van der Waals surface area contributed by atoms with Crippen LogP contribution in [0.3, 0.4) is 0 Å². The minimum absolute atomic E-state index is 0.0456. The van der Waals surface area contributed by atoms with Gasteiger partial charge in [0.15, 0.2) is 0 Å². The Labute approximate surface area is 179 Å². The van der Waals surface area contributed by atoms with Crippen LogP contribution in [0.4, 0.5) is 0 Å². The van der Waals surface area contributed by atoms with E-state index >= 15 is 0 Å². The molecule has 3 aromatic rings. The number of aliphatic hydroxyl groups is 1. The molecule has 1 fully saturated rings. The number of likely N-dealkylation sites (tertiary alicyclic amines) is 1. The molecule has 1 aromatic carbocycles. The molecule has 0 spiro atoms. The van der Waals surface area contributed by atoms with Crippen LogP contribution in [0.25, 0.3) is 5.76 Å². The number of benzene rings is 1. The zero-order valence-electron chi connectivity index (χ0n) is 16.9. The third-order valence-electron chi connectivity index (χ3n) is 5.08. The number of aromatic nitrogens is 2. The van der Waals surface area contributed by atoms with Crippen LogP contribution in [0.1, 0.15) is 29.7 Å². The summed E-state index contributed by atoms with van der Waals surface area (Å²) < 4.78 is 5.44. The van der Waals surface area contributed by atoms with Crippen molar-refractivity contribution >= 4 is 17.4 Å². The minimum Gasteiger partial charge on any atom is -0.507 e. The van der Waals surface area contributed by atoms with Gasteiger partial charge in [-0.15, -0.1) is 0 Å². The number of rotatable bonds is 6. The third-order valence-corrected chi connectivity index (χ3v) is 5.08. The second-order valence-corrected chi connectivity index (χ2v) is 7.03. The molecule has 1 amide bonds. The van der Waals surface area contributed by atoms with Gasteiger partial charge < -0.3 is 14.7 Å². The van der Waals surface area contributed by atoms with E-state index in [0.29, 0.717) is 23.5 Å². The lowest BCUT2D eigenvalue weighted by molar-refractivity contribution is -0.140. The smallest absolute Gasteiger partial charge is 0.295 e. The van der Waals surface area contributed by atoms with Crippen molar-refractivity contribution < 1.29 is 19.4 Å². The van der Waals surface area contributed by atoms with Gasteiger partial charge in [0, 0.05) is 36.9 Å². The molecule has 0 aliphatic carbocycles. The molecule has 7 heteroatoms. The minimum atomic E-state index is -0.741. The summed E-state index contributed by atoms with van der Waals surface area (Å²) in [6, 6.07) is 13.1. The van der Waals surface area contributed by atoms with Gasteiger partial charge in [0.05, 0.1) is 18.2 Å². The Hall–Kier alpha value is -4.00. The lowest BCUT2D eigenvalue weighted by Crippen LogP contribution is -2.29. The largest absolute Gasteiger partial charge is 0.507 e. The lowest BCUT2D eigenvalue weighted by atomic mass is 9.96. The topological polar surface area (TPSA) is 92.6 Å². The van der Waals surface area contributed by atoms with E-state index in [2.05, 4.69) is 9.97 Å². The van der Waals surface area contributed by atoms with E-state index in [1.807, 2.05) is 13.0 Å². The predicted molar refractivity (Wildman–Crippen MR) is 114 cm³/mol. The molecule has 1 N–H and O–H groups in total. The fourth-order valence-electron chi connectivity index (χ4n) is 3.65. The molecule has 3 heterocycles. The molecule has 0 radical (unpaired) electrons. The van der Waals surface area contributed by atoms with Gasteiger partial charge in [-0.05, 0) is 60.5 Å². The number of pyridine rings is 2. The summed E-state index contributed by atoms with van der Waals surface area (Å²) in [7, 11) is 0. The summed E-state index contributed by atoms with van der Waals surface area (Å²) in [6.07, 6.45) is 6.48. The van der Waals surface area contributed by atoms with Crippen molar-refractivity contribution in [2.75, 3.05) is 6.61 Å². The van der Waals surface area contributed by atoms with Crippen molar-refractivity contribution in [1.82, 2.24) is 14.9 Å². The lowest BCUT2D eigenvalue weighted by Gasteiger charge is -2.25. The maximum Gasteiger partial charge on any atom is 0.295 e. The number of ketones is 1. The summed E-state index contributed by atoms with van der Waals surface area (Å²) >= 11 is 0. The van der Waals surface area contributed by atoms with Gasteiger partial charge in [-0.2, -0.15) is 0 Å². The van der Waals surface area contributed by atoms with Crippen LogP contribution >= 0.6 is 0 Å². The summed E-state index contributed by atoms with van der Waals surface area (Å²) in [6.45, 7) is 2.59. The highest BCUT2D eigenvalue weighted by molar-refractivity contribution is 6.46. The predicted octanol–water partition coefficient (Wildman–Crippen LogP) is 3.50. The van der Waals surface area contributed by atoms with Crippen LogP contribution in [-0.4, -0.2) is 38.3 Å². The Balaban J connectivity index is 1.80. The van der Waals surface area contributed by atoms with E-state index in [1.165, 1.54) is 4.90 Å². The maximum absolute atomic E-state index is 13.0. The second kappa shape index (κ2) is 8.79. The molecule has 1 aliphatic heterocycles. The molecule has 4 rings (SSSR count). The first-order chi connectivity index (χ1) is 15.1. The van der Waals surface area contributed by atoms with Crippen molar-refractivity contribution in [3.63, 3.8) is 0 Å². The number of Topliss-reactive ketones (excluding diaryl/α,β-unsaturated/α-hetero) is 1. The average Bonchev–Trinajstić information content (AvgIpc) is 3.05. The first-order valence-electron chi connectivity index (χ1n) is 9.90. The van der Waals surface area contributed by atoms with Gasteiger partial charge in [0.1, 0.15) is 11.5 Å². The average molecular weight is 415 g/mol. The Bertz CT molecular complexity index is 1110. The van der Waals surface area contributed by atoms with E-state index in [4.69, 9.17) is 4.74 Å². The third kappa shape index (κ3) is 4.02. The highest BCUT2D eigenvalue weighted by Crippen LogP contribution is 2.40. The Morgan fingerprint density at radius 2 is 1.77 bits per heavy atom.